The first kappa shape index (κ1) is 26.7. The van der Waals surface area contributed by atoms with E-state index in [-0.39, 0.29) is 39.3 Å². The molecule has 0 aromatic heterocycles. The molecule has 0 radical (unpaired) electrons. The second kappa shape index (κ2) is 13.8. The highest BCUT2D eigenvalue weighted by atomic mass is 16.7. The standard InChI is InChI=1S/C17H32O8.2CH4/c1-17(2)24-12-16(25-17)10-22-8-14(19-4)6-20-5-13(18-3)7-21-9-15-11-23-15;;/h13-16H,5-12H2,1-4H3;2*1H4. The summed E-state index contributed by atoms with van der Waals surface area (Å²) < 4.78 is 43.9. The lowest BCUT2D eigenvalue weighted by Gasteiger charge is -2.20. The van der Waals surface area contributed by atoms with Crippen molar-refractivity contribution in [1.82, 2.24) is 0 Å². The van der Waals surface area contributed by atoms with Gasteiger partial charge < -0.3 is 37.9 Å². The summed E-state index contributed by atoms with van der Waals surface area (Å²) >= 11 is 0. The third-order valence-corrected chi connectivity index (χ3v) is 3.96. The summed E-state index contributed by atoms with van der Waals surface area (Å²) in [6.45, 7) is 7.99. The van der Waals surface area contributed by atoms with E-state index >= 15 is 0 Å². The molecular weight excluding hydrogens is 356 g/mol. The monoisotopic (exact) mass is 396 g/mol. The zero-order chi connectivity index (χ0) is 18.1. The Bertz CT molecular complexity index is 362. The Hall–Kier alpha value is -0.320. The minimum absolute atomic E-state index is 0. The molecule has 0 bridgehead atoms. The first-order chi connectivity index (χ1) is 12.0. The van der Waals surface area contributed by atoms with Crippen LogP contribution >= 0.6 is 0 Å². The van der Waals surface area contributed by atoms with Crippen LogP contribution in [0.3, 0.4) is 0 Å². The summed E-state index contributed by atoms with van der Waals surface area (Å²) in [6.07, 6.45) is -0.0378. The Morgan fingerprint density at radius 3 is 1.70 bits per heavy atom. The average molecular weight is 397 g/mol. The van der Waals surface area contributed by atoms with Crippen LogP contribution in [0.2, 0.25) is 0 Å². The van der Waals surface area contributed by atoms with Crippen molar-refractivity contribution >= 4 is 0 Å². The fraction of sp³-hybridized carbons (Fsp3) is 1.00. The minimum Gasteiger partial charge on any atom is -0.377 e. The predicted octanol–water partition coefficient (Wildman–Crippen LogP) is 1.89. The molecule has 0 aliphatic carbocycles. The van der Waals surface area contributed by atoms with Crippen LogP contribution in [0.25, 0.3) is 0 Å². The molecule has 2 aliphatic heterocycles. The lowest BCUT2D eigenvalue weighted by atomic mass is 10.3. The highest BCUT2D eigenvalue weighted by Crippen LogP contribution is 2.22. The maximum absolute atomic E-state index is 5.69. The summed E-state index contributed by atoms with van der Waals surface area (Å²) in [7, 11) is 3.29. The third kappa shape index (κ3) is 11.3. The van der Waals surface area contributed by atoms with E-state index in [1.165, 1.54) is 0 Å². The Morgan fingerprint density at radius 2 is 1.30 bits per heavy atom. The molecule has 4 unspecified atom stereocenters. The Kier molecular flexibility index (Phi) is 13.6. The van der Waals surface area contributed by atoms with Crippen molar-refractivity contribution in [2.24, 2.45) is 0 Å². The van der Waals surface area contributed by atoms with E-state index in [1.807, 2.05) is 13.8 Å². The number of hydrogen-bond donors (Lipinski definition) is 0. The minimum atomic E-state index is -0.527. The van der Waals surface area contributed by atoms with Gasteiger partial charge in [-0.15, -0.1) is 0 Å². The first-order valence-corrected chi connectivity index (χ1v) is 8.74. The van der Waals surface area contributed by atoms with Crippen molar-refractivity contribution in [3.63, 3.8) is 0 Å². The lowest BCUT2D eigenvalue weighted by molar-refractivity contribution is -0.147. The molecular formula is C19H40O8. The number of epoxide rings is 1. The lowest BCUT2D eigenvalue weighted by Crippen LogP contribution is -2.31. The molecule has 2 fully saturated rings. The van der Waals surface area contributed by atoms with Gasteiger partial charge in [0.1, 0.15) is 24.4 Å². The zero-order valence-corrected chi connectivity index (χ0v) is 15.7. The second-order valence-electron chi connectivity index (χ2n) is 6.73. The fourth-order valence-corrected chi connectivity index (χ4v) is 2.37. The Labute approximate surface area is 164 Å². The Balaban J connectivity index is 0.00000338. The van der Waals surface area contributed by atoms with E-state index in [2.05, 4.69) is 0 Å². The van der Waals surface area contributed by atoms with Gasteiger partial charge >= 0.3 is 0 Å². The first-order valence-electron chi connectivity index (χ1n) is 8.74. The van der Waals surface area contributed by atoms with Crippen LogP contribution in [0.4, 0.5) is 0 Å². The summed E-state index contributed by atoms with van der Waals surface area (Å²) in [5, 5.41) is 0. The van der Waals surface area contributed by atoms with Gasteiger partial charge in [0.15, 0.2) is 5.79 Å². The van der Waals surface area contributed by atoms with E-state index in [0.29, 0.717) is 46.2 Å². The Morgan fingerprint density at radius 1 is 0.815 bits per heavy atom. The number of rotatable bonds is 14. The summed E-state index contributed by atoms with van der Waals surface area (Å²) in [5.74, 6) is -0.527. The quantitative estimate of drug-likeness (QED) is 0.412. The molecule has 0 saturated carbocycles. The molecule has 4 atom stereocenters. The third-order valence-electron chi connectivity index (χ3n) is 3.96. The van der Waals surface area contributed by atoms with Crippen molar-refractivity contribution in [2.45, 2.75) is 58.9 Å². The molecule has 8 heteroatoms. The summed E-state index contributed by atoms with van der Waals surface area (Å²) in [4.78, 5) is 0. The summed E-state index contributed by atoms with van der Waals surface area (Å²) in [6, 6.07) is 0. The second-order valence-corrected chi connectivity index (χ2v) is 6.73. The number of ether oxygens (including phenoxy) is 8. The molecule has 164 valence electrons. The van der Waals surface area contributed by atoms with Gasteiger partial charge in [-0.25, -0.2) is 0 Å². The average Bonchev–Trinajstić information content (AvgIpc) is 3.34. The van der Waals surface area contributed by atoms with Gasteiger partial charge in [0.05, 0.1) is 52.9 Å². The number of methoxy groups -OCH3 is 2. The highest BCUT2D eigenvalue weighted by Gasteiger charge is 2.32. The van der Waals surface area contributed by atoms with Gasteiger partial charge in [0, 0.05) is 14.2 Å². The molecule has 0 spiro atoms. The maximum atomic E-state index is 5.69. The van der Waals surface area contributed by atoms with Crippen LogP contribution in [0.1, 0.15) is 28.7 Å². The van der Waals surface area contributed by atoms with Crippen LogP contribution in [-0.4, -0.2) is 97.3 Å². The molecule has 0 N–H and O–H groups in total. The predicted molar refractivity (Wildman–Crippen MR) is 102 cm³/mol. The molecule has 2 saturated heterocycles. The van der Waals surface area contributed by atoms with Crippen LogP contribution < -0.4 is 0 Å². The molecule has 0 amide bonds. The molecule has 2 rings (SSSR count). The van der Waals surface area contributed by atoms with Gasteiger partial charge in [-0.05, 0) is 13.8 Å². The normalized spacial score (nSPS) is 25.3. The van der Waals surface area contributed by atoms with Crippen molar-refractivity contribution in [2.75, 3.05) is 67.1 Å². The van der Waals surface area contributed by atoms with Crippen molar-refractivity contribution < 1.29 is 37.9 Å². The molecule has 0 aromatic carbocycles. The van der Waals surface area contributed by atoms with Crippen molar-refractivity contribution in [3.8, 4) is 0 Å². The molecule has 27 heavy (non-hydrogen) atoms. The van der Waals surface area contributed by atoms with Gasteiger partial charge in [-0.2, -0.15) is 0 Å². The highest BCUT2D eigenvalue weighted by molar-refractivity contribution is 4.71. The molecule has 8 nitrogen and oxygen atoms in total. The molecule has 2 heterocycles. The van der Waals surface area contributed by atoms with Gasteiger partial charge in [-0.3, -0.25) is 0 Å². The number of hydrogen-bond acceptors (Lipinski definition) is 8. The van der Waals surface area contributed by atoms with Gasteiger partial charge in [0.25, 0.3) is 0 Å². The van der Waals surface area contributed by atoms with E-state index in [9.17, 15) is 0 Å². The van der Waals surface area contributed by atoms with Crippen LogP contribution in [0, 0.1) is 0 Å². The smallest absolute Gasteiger partial charge is 0.163 e. The SMILES string of the molecule is C.C.COC(COCC(COCC1COC(C)(C)O1)OC)COCC1CO1. The molecule has 2 aliphatic rings. The van der Waals surface area contributed by atoms with Gasteiger partial charge in [0.2, 0.25) is 0 Å². The van der Waals surface area contributed by atoms with Gasteiger partial charge in [-0.1, -0.05) is 14.9 Å². The van der Waals surface area contributed by atoms with E-state index < -0.39 is 5.79 Å². The largest absolute Gasteiger partial charge is 0.377 e. The van der Waals surface area contributed by atoms with Crippen molar-refractivity contribution in [1.29, 1.82) is 0 Å². The van der Waals surface area contributed by atoms with Crippen LogP contribution in [-0.2, 0) is 37.9 Å². The van der Waals surface area contributed by atoms with Crippen LogP contribution in [0.15, 0.2) is 0 Å². The molecule has 0 aromatic rings. The van der Waals surface area contributed by atoms with E-state index in [0.717, 1.165) is 6.61 Å². The van der Waals surface area contributed by atoms with Crippen molar-refractivity contribution in [3.05, 3.63) is 0 Å². The fourth-order valence-electron chi connectivity index (χ4n) is 2.37. The van der Waals surface area contributed by atoms with E-state index in [4.69, 9.17) is 37.9 Å². The van der Waals surface area contributed by atoms with Crippen LogP contribution in [0.5, 0.6) is 0 Å². The zero-order valence-electron chi connectivity index (χ0n) is 15.7. The topological polar surface area (TPSA) is 77.1 Å². The van der Waals surface area contributed by atoms with E-state index in [1.54, 1.807) is 14.2 Å². The maximum Gasteiger partial charge on any atom is 0.163 e. The summed E-state index contributed by atoms with van der Waals surface area (Å²) in [5.41, 5.74) is 0.